The van der Waals surface area contributed by atoms with Crippen molar-refractivity contribution in [2.75, 3.05) is 35.2 Å². The first kappa shape index (κ1) is 51.9. The molecule has 0 saturated carbocycles. The van der Waals surface area contributed by atoms with E-state index < -0.39 is 87.3 Å². The number of aliphatic hydroxyl groups is 3. The molecule has 0 aliphatic carbocycles. The van der Waals surface area contributed by atoms with E-state index in [1.807, 2.05) is 13.8 Å². The second-order valence-corrected chi connectivity index (χ2v) is 20.0. The highest BCUT2D eigenvalue weighted by atomic mass is 32.2. The second-order valence-electron chi connectivity index (χ2n) is 16.0. The molecular formula is C44H54F2N6O11S2. The van der Waals surface area contributed by atoms with Crippen molar-refractivity contribution in [2.24, 2.45) is 0 Å². The van der Waals surface area contributed by atoms with Crippen LogP contribution in [0.3, 0.4) is 0 Å². The van der Waals surface area contributed by atoms with Gasteiger partial charge in [-0.05, 0) is 60.4 Å². The average molecular weight is 945 g/mol. The largest absolute Gasteiger partial charge is 0.481 e. The van der Waals surface area contributed by atoms with E-state index >= 15 is 0 Å². The first-order valence-corrected chi connectivity index (χ1v) is 24.0. The van der Waals surface area contributed by atoms with Crippen molar-refractivity contribution in [2.45, 2.75) is 89.6 Å². The van der Waals surface area contributed by atoms with Crippen LogP contribution >= 0.6 is 0 Å². The van der Waals surface area contributed by atoms with Gasteiger partial charge in [0.15, 0.2) is 0 Å². The number of aliphatic carboxylic acids is 1. The number of nitrogens with zero attached hydrogens (tertiary/aromatic N) is 6. The van der Waals surface area contributed by atoms with Gasteiger partial charge in [0.1, 0.15) is 17.7 Å². The summed E-state index contributed by atoms with van der Waals surface area (Å²) in [5, 5.41) is 42.4. The van der Waals surface area contributed by atoms with E-state index in [2.05, 4.69) is 19.9 Å². The molecule has 4 N–H and O–H groups in total. The van der Waals surface area contributed by atoms with E-state index in [4.69, 9.17) is 4.74 Å². The number of carboxylic acids is 1. The Balaban J connectivity index is 1.53. The van der Waals surface area contributed by atoms with Gasteiger partial charge in [0, 0.05) is 49.2 Å². The Hall–Kier alpha value is -5.74. The third-order valence-electron chi connectivity index (χ3n) is 9.90. The van der Waals surface area contributed by atoms with Crippen LogP contribution in [0.5, 0.6) is 0 Å². The highest BCUT2D eigenvalue weighted by molar-refractivity contribution is 7.92. The lowest BCUT2D eigenvalue weighted by molar-refractivity contribution is -0.156. The Morgan fingerprint density at radius 1 is 0.662 bits per heavy atom. The molecule has 0 aliphatic heterocycles. The molecule has 2 aromatic heterocycles. The van der Waals surface area contributed by atoms with Gasteiger partial charge >= 0.3 is 11.9 Å². The minimum absolute atomic E-state index is 0.135. The Labute approximate surface area is 377 Å². The summed E-state index contributed by atoms with van der Waals surface area (Å²) in [6, 6.07) is 10.6. The molecule has 0 radical (unpaired) electrons. The maximum absolute atomic E-state index is 13.9. The third-order valence-corrected chi connectivity index (χ3v) is 12.2. The van der Waals surface area contributed by atoms with Crippen LogP contribution in [0.2, 0.25) is 0 Å². The second kappa shape index (κ2) is 22.0. The van der Waals surface area contributed by atoms with Gasteiger partial charge in [0.05, 0.1) is 66.4 Å². The number of carbonyl (C=O) groups is 2. The number of rotatable bonds is 21. The number of halogens is 2. The molecule has 0 fully saturated rings. The number of hydrogen-bond acceptors (Lipinski definition) is 14. The third kappa shape index (κ3) is 14.6. The number of benzene rings is 2. The van der Waals surface area contributed by atoms with Crippen molar-refractivity contribution >= 4 is 56.0 Å². The Kier molecular flexibility index (Phi) is 17.5. The molecule has 2 unspecified atom stereocenters. The van der Waals surface area contributed by atoms with Crippen LogP contribution < -0.4 is 8.61 Å². The number of aliphatic hydroxyl groups excluding tert-OH is 3. The quantitative estimate of drug-likeness (QED) is 0.0776. The molecule has 2 aromatic carbocycles. The fourth-order valence-corrected chi connectivity index (χ4v) is 7.15. The standard InChI is InChI=1S/C44H54F2N6O11S2/c1-25(2)39-35(41(27-9-13-29(45)14-10-27)49-43(47-39)51(5)64(7,59)60)19-17-31(53)21-33(55)23-38(58)63-34(24-37(56)57)22-32(54)18-20-36-40(26(3)4)48-44(52(6)65(8,61)62)50-42(36)28-11-15-30(46)16-12-28/h9-20,25-26,31-34,53-55H,21-24H2,1-8H3,(H,56,57)/b19-17+,20-18+/t31-,32-,33?,34?/m1/s1. The van der Waals surface area contributed by atoms with E-state index in [1.54, 1.807) is 13.8 Å². The van der Waals surface area contributed by atoms with Crippen LogP contribution in [-0.4, -0.2) is 120 Å². The maximum atomic E-state index is 13.9. The first-order valence-electron chi connectivity index (χ1n) is 20.3. The predicted molar refractivity (Wildman–Crippen MR) is 242 cm³/mol. The lowest BCUT2D eigenvalue weighted by Gasteiger charge is -2.21. The summed E-state index contributed by atoms with van der Waals surface area (Å²) in [6.45, 7) is 7.21. The molecule has 0 bridgehead atoms. The van der Waals surface area contributed by atoms with Crippen LogP contribution in [0.1, 0.15) is 87.7 Å². The van der Waals surface area contributed by atoms with Crippen molar-refractivity contribution in [1.29, 1.82) is 0 Å². The number of sulfonamides is 2. The molecule has 21 heteroatoms. The molecule has 2 heterocycles. The average Bonchev–Trinajstić information content (AvgIpc) is 3.20. The van der Waals surface area contributed by atoms with Crippen LogP contribution in [0, 0.1) is 11.6 Å². The molecule has 4 rings (SSSR count). The summed E-state index contributed by atoms with van der Waals surface area (Å²) in [4.78, 5) is 42.7. The van der Waals surface area contributed by atoms with Gasteiger partial charge in [-0.25, -0.2) is 54.2 Å². The first-order chi connectivity index (χ1) is 30.2. The van der Waals surface area contributed by atoms with Gasteiger partial charge in [-0.1, -0.05) is 52.0 Å². The van der Waals surface area contributed by atoms with Gasteiger partial charge in [-0.2, -0.15) is 0 Å². The number of aromatic nitrogens is 4. The van der Waals surface area contributed by atoms with Gasteiger partial charge in [0.2, 0.25) is 31.9 Å². The normalized spacial score (nSPS) is 14.2. The minimum Gasteiger partial charge on any atom is -0.481 e. The minimum atomic E-state index is -3.78. The lowest BCUT2D eigenvalue weighted by atomic mass is 9.97. The number of ether oxygens (including phenoxy) is 1. The van der Waals surface area contributed by atoms with Gasteiger partial charge in [-0.15, -0.1) is 0 Å². The summed E-state index contributed by atoms with van der Waals surface area (Å²) in [7, 11) is -4.99. The number of anilines is 2. The molecule has 65 heavy (non-hydrogen) atoms. The summed E-state index contributed by atoms with van der Waals surface area (Å²) >= 11 is 0. The maximum Gasteiger partial charge on any atom is 0.308 e. The topological polar surface area (TPSA) is 251 Å². The van der Waals surface area contributed by atoms with Gasteiger partial charge in [-0.3, -0.25) is 9.59 Å². The Morgan fingerprint density at radius 2 is 1.05 bits per heavy atom. The molecular weight excluding hydrogens is 891 g/mol. The van der Waals surface area contributed by atoms with Crippen LogP contribution in [-0.2, 0) is 34.4 Å². The fraction of sp³-hybridized carbons (Fsp3) is 0.409. The molecule has 0 amide bonds. The number of esters is 1. The summed E-state index contributed by atoms with van der Waals surface area (Å²) < 4.78 is 84.5. The monoisotopic (exact) mass is 944 g/mol. The summed E-state index contributed by atoms with van der Waals surface area (Å²) in [5.41, 5.74) is 2.80. The number of carbonyl (C=O) groups excluding carboxylic acids is 1. The van der Waals surface area contributed by atoms with Gasteiger partial charge in [0.25, 0.3) is 0 Å². The molecule has 4 atom stereocenters. The van der Waals surface area contributed by atoms with Crippen molar-refractivity contribution in [3.05, 3.63) is 94.8 Å². The number of carboxylic acid groups (broad SMARTS) is 1. The zero-order valence-corrected chi connectivity index (χ0v) is 38.8. The molecule has 352 valence electrons. The van der Waals surface area contributed by atoms with E-state index in [0.29, 0.717) is 33.6 Å². The highest BCUT2D eigenvalue weighted by Crippen LogP contribution is 2.34. The van der Waals surface area contributed by atoms with E-state index in [0.717, 1.165) is 21.1 Å². The van der Waals surface area contributed by atoms with E-state index in [9.17, 15) is 55.6 Å². The Bertz CT molecular complexity index is 2610. The SMILES string of the molecule is CC(C)c1nc(N(C)S(C)(=O)=O)nc(-c2ccc(F)cc2)c1/C=C/[C@@H](O)CC(O)CC(=O)OC(CC(=O)O)C[C@H](O)/C=C/c1c(-c2ccc(F)cc2)nc(N(C)S(C)(=O)=O)nc1C(C)C. The van der Waals surface area contributed by atoms with Crippen LogP contribution in [0.25, 0.3) is 34.7 Å². The molecule has 4 aromatic rings. The van der Waals surface area contributed by atoms with Crippen molar-refractivity contribution < 1.29 is 60.4 Å². The molecule has 0 saturated heterocycles. The highest BCUT2D eigenvalue weighted by Gasteiger charge is 2.27. The fourth-order valence-electron chi connectivity index (χ4n) is 6.39. The summed E-state index contributed by atoms with van der Waals surface area (Å²) in [5.74, 6) is -4.29. The number of hydrogen-bond donors (Lipinski definition) is 4. The van der Waals surface area contributed by atoms with Crippen molar-refractivity contribution in [3.8, 4) is 22.5 Å². The molecule has 17 nitrogen and oxygen atoms in total. The van der Waals surface area contributed by atoms with Crippen LogP contribution in [0.15, 0.2) is 60.7 Å². The van der Waals surface area contributed by atoms with Crippen molar-refractivity contribution in [3.63, 3.8) is 0 Å². The molecule has 0 aliphatic rings. The van der Waals surface area contributed by atoms with E-state index in [1.165, 1.54) is 86.9 Å². The van der Waals surface area contributed by atoms with Gasteiger partial charge < -0.3 is 25.2 Å². The molecule has 0 spiro atoms. The van der Waals surface area contributed by atoms with Crippen LogP contribution in [0.4, 0.5) is 20.7 Å². The van der Waals surface area contributed by atoms with Crippen molar-refractivity contribution in [1.82, 2.24) is 19.9 Å². The van der Waals surface area contributed by atoms with E-state index in [-0.39, 0.29) is 41.5 Å². The summed E-state index contributed by atoms with van der Waals surface area (Å²) in [6.07, 6.45) is -0.251. The Morgan fingerprint density at radius 3 is 1.40 bits per heavy atom. The zero-order valence-electron chi connectivity index (χ0n) is 37.1. The lowest BCUT2D eigenvalue weighted by Crippen LogP contribution is -2.28. The zero-order chi connectivity index (χ0) is 48.6. The smallest absolute Gasteiger partial charge is 0.308 e. The predicted octanol–water partition coefficient (Wildman–Crippen LogP) is 5.28.